The van der Waals surface area contributed by atoms with Gasteiger partial charge in [-0.1, -0.05) is 0 Å². The molecule has 0 aliphatic carbocycles. The van der Waals surface area contributed by atoms with E-state index in [1.807, 2.05) is 19.9 Å². The molecule has 0 spiro atoms. The van der Waals surface area contributed by atoms with Crippen LogP contribution in [0.2, 0.25) is 0 Å². The van der Waals surface area contributed by atoms with Crippen LogP contribution in [-0.2, 0) is 4.79 Å². The molecule has 4 nitrogen and oxygen atoms in total. The van der Waals surface area contributed by atoms with Crippen LogP contribution >= 0.6 is 11.3 Å². The Kier molecular flexibility index (Phi) is 4.28. The minimum absolute atomic E-state index is 0.108. The maximum atomic E-state index is 11.9. The zero-order valence-electron chi connectivity index (χ0n) is 10.8. The standard InChI is InChI=1S/C12H18N2O2S/c1-7-6-10(9(3)17-7)11(15)13-8(2)12(16)14(4)5/h6,8H,1-5H3,(H,13,15)/t8-/m0/s1. The summed E-state index contributed by atoms with van der Waals surface area (Å²) in [4.78, 5) is 27.1. The van der Waals surface area contributed by atoms with Crippen LogP contribution in [-0.4, -0.2) is 36.9 Å². The topological polar surface area (TPSA) is 49.4 Å². The lowest BCUT2D eigenvalue weighted by Gasteiger charge is -2.17. The third-order valence-electron chi connectivity index (χ3n) is 2.44. The molecule has 1 N–H and O–H groups in total. The fourth-order valence-electron chi connectivity index (χ4n) is 1.58. The Morgan fingerprint density at radius 1 is 1.35 bits per heavy atom. The number of nitrogens with zero attached hydrogens (tertiary/aromatic N) is 1. The molecule has 1 rings (SSSR count). The minimum Gasteiger partial charge on any atom is -0.347 e. The van der Waals surface area contributed by atoms with E-state index in [0.717, 1.165) is 9.75 Å². The van der Waals surface area contributed by atoms with Gasteiger partial charge in [0, 0.05) is 23.8 Å². The summed E-state index contributed by atoms with van der Waals surface area (Å²) in [7, 11) is 3.34. The van der Waals surface area contributed by atoms with Gasteiger partial charge in [-0.15, -0.1) is 11.3 Å². The molecular formula is C12H18N2O2S. The van der Waals surface area contributed by atoms with E-state index in [9.17, 15) is 9.59 Å². The number of hydrogen-bond acceptors (Lipinski definition) is 3. The van der Waals surface area contributed by atoms with Crippen molar-refractivity contribution >= 4 is 23.2 Å². The molecule has 0 saturated carbocycles. The van der Waals surface area contributed by atoms with Crippen LogP contribution in [0.3, 0.4) is 0 Å². The van der Waals surface area contributed by atoms with E-state index in [1.165, 1.54) is 4.90 Å². The SMILES string of the molecule is Cc1cc(C(=O)N[C@@H](C)C(=O)N(C)C)c(C)s1. The van der Waals surface area contributed by atoms with Crippen molar-refractivity contribution < 1.29 is 9.59 Å². The van der Waals surface area contributed by atoms with Crippen LogP contribution in [0.25, 0.3) is 0 Å². The van der Waals surface area contributed by atoms with Crippen LogP contribution in [0.5, 0.6) is 0 Å². The zero-order chi connectivity index (χ0) is 13.2. The van der Waals surface area contributed by atoms with Crippen molar-refractivity contribution in [2.45, 2.75) is 26.8 Å². The van der Waals surface area contributed by atoms with E-state index >= 15 is 0 Å². The van der Waals surface area contributed by atoms with Crippen molar-refractivity contribution in [1.29, 1.82) is 0 Å². The highest BCUT2D eigenvalue weighted by atomic mass is 32.1. The number of amides is 2. The normalized spacial score (nSPS) is 12.1. The van der Waals surface area contributed by atoms with Crippen molar-refractivity contribution in [3.05, 3.63) is 21.4 Å². The summed E-state index contributed by atoms with van der Waals surface area (Å²) in [6, 6.07) is 1.35. The lowest BCUT2D eigenvalue weighted by molar-refractivity contribution is -0.130. The van der Waals surface area contributed by atoms with Gasteiger partial charge in [-0.05, 0) is 26.8 Å². The molecule has 0 aromatic carbocycles. The number of carbonyl (C=O) groups excluding carboxylic acids is 2. The second-order valence-corrected chi connectivity index (χ2v) is 5.72. The summed E-state index contributed by atoms with van der Waals surface area (Å²) < 4.78 is 0. The second kappa shape index (κ2) is 5.31. The number of aryl methyl sites for hydroxylation is 2. The average molecular weight is 254 g/mol. The van der Waals surface area contributed by atoms with E-state index in [2.05, 4.69) is 5.32 Å². The van der Waals surface area contributed by atoms with Gasteiger partial charge in [-0.3, -0.25) is 9.59 Å². The van der Waals surface area contributed by atoms with E-state index in [0.29, 0.717) is 5.56 Å². The van der Waals surface area contributed by atoms with Gasteiger partial charge in [0.05, 0.1) is 5.56 Å². The molecule has 17 heavy (non-hydrogen) atoms. The van der Waals surface area contributed by atoms with Crippen LogP contribution in [0.4, 0.5) is 0 Å². The molecule has 0 bridgehead atoms. The average Bonchev–Trinajstić information content (AvgIpc) is 2.56. The Morgan fingerprint density at radius 3 is 2.35 bits per heavy atom. The smallest absolute Gasteiger partial charge is 0.253 e. The highest BCUT2D eigenvalue weighted by molar-refractivity contribution is 7.12. The van der Waals surface area contributed by atoms with Crippen molar-refractivity contribution in [2.75, 3.05) is 14.1 Å². The number of rotatable bonds is 3. The van der Waals surface area contributed by atoms with Crippen LogP contribution in [0.15, 0.2) is 6.07 Å². The first-order valence-electron chi connectivity index (χ1n) is 5.42. The first kappa shape index (κ1) is 13.7. The number of thiophene rings is 1. The van der Waals surface area contributed by atoms with Crippen molar-refractivity contribution in [1.82, 2.24) is 10.2 Å². The number of hydrogen-bond donors (Lipinski definition) is 1. The Labute approximate surface area is 106 Å². The summed E-state index contributed by atoms with van der Waals surface area (Å²) in [6.45, 7) is 5.56. The van der Waals surface area contributed by atoms with Gasteiger partial charge in [0.2, 0.25) is 5.91 Å². The largest absolute Gasteiger partial charge is 0.347 e. The Bertz CT molecular complexity index is 438. The van der Waals surface area contributed by atoms with Crippen molar-refractivity contribution in [3.8, 4) is 0 Å². The molecule has 2 amide bonds. The number of nitrogens with one attached hydrogen (secondary N) is 1. The van der Waals surface area contributed by atoms with E-state index < -0.39 is 6.04 Å². The van der Waals surface area contributed by atoms with Gasteiger partial charge in [0.25, 0.3) is 5.91 Å². The third-order valence-corrected chi connectivity index (χ3v) is 3.41. The molecule has 0 fully saturated rings. The maximum Gasteiger partial charge on any atom is 0.253 e. The van der Waals surface area contributed by atoms with Gasteiger partial charge in [0.1, 0.15) is 6.04 Å². The van der Waals surface area contributed by atoms with Gasteiger partial charge < -0.3 is 10.2 Å². The molecular weight excluding hydrogens is 236 g/mol. The Balaban J connectivity index is 2.73. The first-order valence-corrected chi connectivity index (χ1v) is 6.23. The molecule has 1 aromatic rings. The van der Waals surface area contributed by atoms with Gasteiger partial charge in [-0.25, -0.2) is 0 Å². The summed E-state index contributed by atoms with van der Waals surface area (Å²) in [6.07, 6.45) is 0. The fourth-order valence-corrected chi connectivity index (χ4v) is 2.50. The first-order chi connectivity index (χ1) is 7.82. The molecule has 1 atom stereocenters. The monoisotopic (exact) mass is 254 g/mol. The minimum atomic E-state index is -0.503. The summed E-state index contributed by atoms with van der Waals surface area (Å²) >= 11 is 1.58. The molecule has 0 unspecified atom stereocenters. The Hall–Kier alpha value is -1.36. The number of likely N-dealkylation sites (N-methyl/N-ethyl adjacent to an activating group) is 1. The van der Waals surface area contributed by atoms with Gasteiger partial charge in [0.15, 0.2) is 0 Å². The predicted octanol–water partition coefficient (Wildman–Crippen LogP) is 1.57. The van der Waals surface area contributed by atoms with Crippen LogP contribution in [0, 0.1) is 13.8 Å². The van der Waals surface area contributed by atoms with Gasteiger partial charge >= 0.3 is 0 Å². The summed E-state index contributed by atoms with van der Waals surface area (Å²) in [5.74, 6) is -0.294. The molecule has 1 heterocycles. The quantitative estimate of drug-likeness (QED) is 0.890. The molecule has 94 valence electrons. The predicted molar refractivity (Wildman–Crippen MR) is 69.4 cm³/mol. The fraction of sp³-hybridized carbons (Fsp3) is 0.500. The molecule has 5 heteroatoms. The van der Waals surface area contributed by atoms with E-state index in [1.54, 1.807) is 32.4 Å². The van der Waals surface area contributed by atoms with Gasteiger partial charge in [-0.2, -0.15) is 0 Å². The van der Waals surface area contributed by atoms with Crippen LogP contribution < -0.4 is 5.32 Å². The molecule has 0 saturated heterocycles. The summed E-state index contributed by atoms with van der Waals surface area (Å²) in [5, 5.41) is 2.71. The second-order valence-electron chi connectivity index (χ2n) is 4.25. The number of carbonyl (C=O) groups is 2. The Morgan fingerprint density at radius 2 is 1.94 bits per heavy atom. The van der Waals surface area contributed by atoms with E-state index in [-0.39, 0.29) is 11.8 Å². The summed E-state index contributed by atoms with van der Waals surface area (Å²) in [5.41, 5.74) is 0.658. The lowest BCUT2D eigenvalue weighted by Crippen LogP contribution is -2.44. The van der Waals surface area contributed by atoms with Crippen molar-refractivity contribution in [2.24, 2.45) is 0 Å². The maximum absolute atomic E-state index is 11.9. The molecule has 0 aliphatic rings. The highest BCUT2D eigenvalue weighted by Gasteiger charge is 2.19. The molecule has 1 aromatic heterocycles. The van der Waals surface area contributed by atoms with E-state index in [4.69, 9.17) is 0 Å². The third kappa shape index (κ3) is 3.30. The molecule has 0 aliphatic heterocycles. The lowest BCUT2D eigenvalue weighted by atomic mass is 10.2. The zero-order valence-corrected chi connectivity index (χ0v) is 11.6. The highest BCUT2D eigenvalue weighted by Crippen LogP contribution is 2.20. The molecule has 0 radical (unpaired) electrons. The van der Waals surface area contributed by atoms with Crippen LogP contribution in [0.1, 0.15) is 27.0 Å². The van der Waals surface area contributed by atoms with Crippen molar-refractivity contribution in [3.63, 3.8) is 0 Å².